The third-order valence-corrected chi connectivity index (χ3v) is 5.41. The van der Waals surface area contributed by atoms with Crippen LogP contribution in [0.2, 0.25) is 0 Å². The minimum atomic E-state index is -3.76. The van der Waals surface area contributed by atoms with Crippen molar-refractivity contribution in [1.29, 1.82) is 0 Å². The number of rotatable bonds is 7. The lowest BCUT2D eigenvalue weighted by Crippen LogP contribution is -2.16. The third kappa shape index (κ3) is 5.17. The van der Waals surface area contributed by atoms with Gasteiger partial charge >= 0.3 is 0 Å². The standard InChI is InChI=1S/C20H17N3O5S/c24-20(14-15-6-4-5-9-19(15)23(25)26)21-16-10-12-18(13-11-16)29(27,28)22-17-7-2-1-3-8-17/h1-13,22H,14H2,(H,21,24). The second-order valence-electron chi connectivity index (χ2n) is 6.11. The van der Waals surface area contributed by atoms with Gasteiger partial charge in [-0.05, 0) is 36.4 Å². The van der Waals surface area contributed by atoms with E-state index < -0.39 is 20.9 Å². The molecule has 0 aliphatic carbocycles. The van der Waals surface area contributed by atoms with Gasteiger partial charge in [-0.15, -0.1) is 0 Å². The Hall–Kier alpha value is -3.72. The molecule has 0 fully saturated rings. The Kier molecular flexibility index (Phi) is 5.89. The number of nitrogens with zero attached hydrogens (tertiary/aromatic N) is 1. The molecule has 0 saturated heterocycles. The summed E-state index contributed by atoms with van der Waals surface area (Å²) in [7, 11) is -3.76. The van der Waals surface area contributed by atoms with Crippen molar-refractivity contribution < 1.29 is 18.1 Å². The Morgan fingerprint density at radius 1 is 0.862 bits per heavy atom. The Labute approximate surface area is 167 Å². The number of hydrogen-bond donors (Lipinski definition) is 2. The van der Waals surface area contributed by atoms with Gasteiger partial charge < -0.3 is 5.32 Å². The smallest absolute Gasteiger partial charge is 0.273 e. The molecule has 0 saturated carbocycles. The molecule has 0 unspecified atom stereocenters. The first-order chi connectivity index (χ1) is 13.8. The highest BCUT2D eigenvalue weighted by Crippen LogP contribution is 2.20. The van der Waals surface area contributed by atoms with Crippen molar-refractivity contribution in [1.82, 2.24) is 0 Å². The van der Waals surface area contributed by atoms with E-state index in [1.165, 1.54) is 42.5 Å². The van der Waals surface area contributed by atoms with Gasteiger partial charge in [0.2, 0.25) is 5.91 Å². The fourth-order valence-electron chi connectivity index (χ4n) is 2.65. The first-order valence-electron chi connectivity index (χ1n) is 8.55. The van der Waals surface area contributed by atoms with Gasteiger partial charge in [0.1, 0.15) is 0 Å². The lowest BCUT2D eigenvalue weighted by atomic mass is 10.1. The van der Waals surface area contributed by atoms with Crippen LogP contribution in [0.25, 0.3) is 0 Å². The fourth-order valence-corrected chi connectivity index (χ4v) is 3.71. The van der Waals surface area contributed by atoms with E-state index in [4.69, 9.17) is 0 Å². The summed E-state index contributed by atoms with van der Waals surface area (Å²) in [5, 5.41) is 13.6. The van der Waals surface area contributed by atoms with Crippen LogP contribution in [-0.2, 0) is 21.2 Å². The second-order valence-corrected chi connectivity index (χ2v) is 7.79. The normalized spacial score (nSPS) is 10.9. The molecular formula is C20H17N3O5S. The SMILES string of the molecule is O=C(Cc1ccccc1[N+](=O)[O-])Nc1ccc(S(=O)(=O)Nc2ccccc2)cc1. The molecule has 1 amide bonds. The number of carbonyl (C=O) groups excluding carboxylic acids is 1. The Morgan fingerprint density at radius 3 is 2.14 bits per heavy atom. The first-order valence-corrected chi connectivity index (χ1v) is 10.0. The number of hydrogen-bond acceptors (Lipinski definition) is 5. The zero-order chi connectivity index (χ0) is 20.9. The Bertz CT molecular complexity index is 1130. The van der Waals surface area contributed by atoms with Crippen LogP contribution in [0, 0.1) is 10.1 Å². The topological polar surface area (TPSA) is 118 Å². The van der Waals surface area contributed by atoms with Crippen molar-refractivity contribution in [2.45, 2.75) is 11.3 Å². The predicted octanol–water partition coefficient (Wildman–Crippen LogP) is 3.58. The van der Waals surface area contributed by atoms with Gasteiger partial charge in [-0.25, -0.2) is 8.42 Å². The summed E-state index contributed by atoms with van der Waals surface area (Å²) >= 11 is 0. The van der Waals surface area contributed by atoms with Gasteiger partial charge in [-0.1, -0.05) is 36.4 Å². The molecule has 0 aliphatic heterocycles. The van der Waals surface area contributed by atoms with E-state index in [-0.39, 0.29) is 17.0 Å². The lowest BCUT2D eigenvalue weighted by molar-refractivity contribution is -0.385. The summed E-state index contributed by atoms with van der Waals surface area (Å²) in [5.41, 5.74) is 0.985. The molecule has 29 heavy (non-hydrogen) atoms. The number of nitro groups is 1. The van der Waals surface area contributed by atoms with Crippen LogP contribution >= 0.6 is 0 Å². The van der Waals surface area contributed by atoms with Crippen LogP contribution in [0.15, 0.2) is 83.8 Å². The molecule has 0 bridgehead atoms. The molecule has 148 valence electrons. The van der Waals surface area contributed by atoms with Crippen molar-refractivity contribution in [2.75, 3.05) is 10.0 Å². The van der Waals surface area contributed by atoms with Crippen LogP contribution in [0.4, 0.5) is 17.1 Å². The largest absolute Gasteiger partial charge is 0.326 e. The molecule has 2 N–H and O–H groups in total. The molecule has 9 heteroatoms. The maximum Gasteiger partial charge on any atom is 0.273 e. The highest BCUT2D eigenvalue weighted by Gasteiger charge is 2.17. The first kappa shape index (κ1) is 20.0. The van der Waals surface area contributed by atoms with Gasteiger partial charge in [0, 0.05) is 23.0 Å². The fraction of sp³-hybridized carbons (Fsp3) is 0.0500. The summed E-state index contributed by atoms with van der Waals surface area (Å²) < 4.78 is 27.3. The average molecular weight is 411 g/mol. The molecule has 3 aromatic carbocycles. The molecule has 0 aromatic heterocycles. The van der Waals surface area contributed by atoms with E-state index in [0.29, 0.717) is 16.9 Å². The summed E-state index contributed by atoms with van der Waals surface area (Å²) in [6.45, 7) is 0. The number of benzene rings is 3. The zero-order valence-corrected chi connectivity index (χ0v) is 15.9. The summed E-state index contributed by atoms with van der Waals surface area (Å²) in [6, 6.07) is 20.1. The van der Waals surface area contributed by atoms with E-state index in [1.54, 1.807) is 36.4 Å². The molecule has 0 atom stereocenters. The Morgan fingerprint density at radius 2 is 1.48 bits per heavy atom. The van der Waals surface area contributed by atoms with Crippen molar-refractivity contribution in [2.24, 2.45) is 0 Å². The van der Waals surface area contributed by atoms with Crippen molar-refractivity contribution in [3.63, 3.8) is 0 Å². The van der Waals surface area contributed by atoms with Crippen molar-refractivity contribution >= 4 is 33.0 Å². The molecule has 8 nitrogen and oxygen atoms in total. The average Bonchev–Trinajstić information content (AvgIpc) is 2.69. The minimum absolute atomic E-state index is 0.0399. The third-order valence-electron chi connectivity index (χ3n) is 4.01. The molecular weight excluding hydrogens is 394 g/mol. The van der Waals surface area contributed by atoms with Crippen LogP contribution in [0.1, 0.15) is 5.56 Å². The summed E-state index contributed by atoms with van der Waals surface area (Å²) in [5.74, 6) is -0.447. The summed E-state index contributed by atoms with van der Waals surface area (Å²) in [4.78, 5) is 22.8. The van der Waals surface area contributed by atoms with Gasteiger partial charge in [0.15, 0.2) is 0 Å². The number of anilines is 2. The van der Waals surface area contributed by atoms with Crippen LogP contribution in [0.5, 0.6) is 0 Å². The minimum Gasteiger partial charge on any atom is -0.326 e. The van der Waals surface area contributed by atoms with Crippen LogP contribution in [-0.4, -0.2) is 19.2 Å². The molecule has 0 spiro atoms. The maximum absolute atomic E-state index is 12.4. The van der Waals surface area contributed by atoms with E-state index in [0.717, 1.165) is 0 Å². The number of nitro benzene ring substituents is 1. The maximum atomic E-state index is 12.4. The number of nitrogens with one attached hydrogen (secondary N) is 2. The molecule has 3 rings (SSSR count). The number of carbonyl (C=O) groups is 1. The zero-order valence-electron chi connectivity index (χ0n) is 15.1. The Balaban J connectivity index is 1.68. The van der Waals surface area contributed by atoms with E-state index in [9.17, 15) is 23.3 Å². The predicted molar refractivity (Wildman–Crippen MR) is 109 cm³/mol. The number of para-hydroxylation sites is 2. The van der Waals surface area contributed by atoms with Crippen LogP contribution < -0.4 is 10.0 Å². The van der Waals surface area contributed by atoms with E-state index >= 15 is 0 Å². The number of amides is 1. The monoisotopic (exact) mass is 411 g/mol. The van der Waals surface area contributed by atoms with Gasteiger partial charge in [0.05, 0.1) is 16.2 Å². The second kappa shape index (κ2) is 8.53. The summed E-state index contributed by atoms with van der Waals surface area (Å²) in [6.07, 6.45) is -0.174. The van der Waals surface area contributed by atoms with Crippen molar-refractivity contribution in [3.05, 3.63) is 94.5 Å². The van der Waals surface area contributed by atoms with E-state index in [1.807, 2.05) is 0 Å². The quantitative estimate of drug-likeness (QED) is 0.455. The molecule has 3 aromatic rings. The lowest BCUT2D eigenvalue weighted by Gasteiger charge is -2.09. The number of sulfonamides is 1. The molecule has 0 radical (unpaired) electrons. The highest BCUT2D eigenvalue weighted by atomic mass is 32.2. The molecule has 0 aliphatic rings. The van der Waals surface area contributed by atoms with Gasteiger partial charge in [0.25, 0.3) is 15.7 Å². The van der Waals surface area contributed by atoms with Crippen molar-refractivity contribution in [3.8, 4) is 0 Å². The van der Waals surface area contributed by atoms with Gasteiger partial charge in [-0.3, -0.25) is 19.6 Å². The van der Waals surface area contributed by atoms with Gasteiger partial charge in [-0.2, -0.15) is 0 Å². The van der Waals surface area contributed by atoms with Crippen LogP contribution in [0.3, 0.4) is 0 Å². The van der Waals surface area contributed by atoms with E-state index in [2.05, 4.69) is 10.0 Å². The molecule has 0 heterocycles. The highest BCUT2D eigenvalue weighted by molar-refractivity contribution is 7.92.